The largest absolute Gasteiger partial charge is 0.223 e. The summed E-state index contributed by atoms with van der Waals surface area (Å²) in [5.74, 6) is 0. The van der Waals surface area contributed by atoms with Crippen LogP contribution in [0.3, 0.4) is 0 Å². The third-order valence-electron chi connectivity index (χ3n) is 3.74. The normalized spacial score (nSPS) is 12.0. The number of hydrogen-bond donors (Lipinski definition) is 0. The van der Waals surface area contributed by atoms with Gasteiger partial charge in [0.1, 0.15) is 18.3 Å². The topological polar surface area (TPSA) is 12.4 Å². The zero-order chi connectivity index (χ0) is 17.0. The second kappa shape index (κ2) is 7.24. The molecule has 0 fully saturated rings. The van der Waals surface area contributed by atoms with Gasteiger partial charge in [-0.1, -0.05) is 91.0 Å². The van der Waals surface area contributed by atoms with Crippen molar-refractivity contribution in [2.45, 2.75) is 0 Å². The van der Waals surface area contributed by atoms with Crippen molar-refractivity contribution in [2.24, 2.45) is 4.52 Å². The SMILES string of the molecule is C[P+](C)(Cl)N=P(c1ccccc1)(c1ccccc1)c1ccccc1. The van der Waals surface area contributed by atoms with Crippen LogP contribution in [0.2, 0.25) is 0 Å². The Kier molecular flexibility index (Phi) is 5.26. The zero-order valence-corrected chi connectivity index (χ0v) is 16.4. The highest BCUT2D eigenvalue weighted by molar-refractivity contribution is 8.02. The van der Waals surface area contributed by atoms with Crippen LogP contribution in [-0.4, -0.2) is 13.3 Å². The van der Waals surface area contributed by atoms with Crippen molar-refractivity contribution in [3.8, 4) is 0 Å². The molecule has 3 aromatic carbocycles. The van der Waals surface area contributed by atoms with Crippen molar-refractivity contribution in [3.63, 3.8) is 0 Å². The van der Waals surface area contributed by atoms with E-state index in [4.69, 9.17) is 15.8 Å². The van der Waals surface area contributed by atoms with E-state index in [1.54, 1.807) is 0 Å². The van der Waals surface area contributed by atoms with Crippen LogP contribution in [0, 0.1) is 0 Å². The molecule has 3 aromatic rings. The van der Waals surface area contributed by atoms with Crippen LogP contribution in [0.25, 0.3) is 0 Å². The second-order valence-electron chi connectivity index (χ2n) is 5.99. The van der Waals surface area contributed by atoms with E-state index >= 15 is 0 Å². The Labute approximate surface area is 150 Å². The third kappa shape index (κ3) is 3.65. The summed E-state index contributed by atoms with van der Waals surface area (Å²) in [7, 11) is -2.13. The fraction of sp³-hybridized carbons (Fsp3) is 0.100. The summed E-state index contributed by atoms with van der Waals surface area (Å²) in [4.78, 5) is 0. The highest BCUT2D eigenvalue weighted by Gasteiger charge is 2.34. The Balaban J connectivity index is 2.45. The van der Waals surface area contributed by atoms with Crippen LogP contribution in [-0.2, 0) is 0 Å². The number of benzene rings is 3. The van der Waals surface area contributed by atoms with Gasteiger partial charge in [0.05, 0.1) is 13.3 Å². The van der Waals surface area contributed by atoms with E-state index in [-0.39, 0.29) is 0 Å². The number of hydrogen-bond acceptors (Lipinski definition) is 1. The van der Waals surface area contributed by atoms with Gasteiger partial charge in [0.2, 0.25) is 6.77 Å². The molecule has 0 N–H and O–H groups in total. The number of nitrogens with zero attached hydrogens (tertiary/aromatic N) is 1. The van der Waals surface area contributed by atoms with Crippen LogP contribution < -0.4 is 15.9 Å². The fourth-order valence-corrected chi connectivity index (χ4v) is 10.3. The molecule has 0 aliphatic heterocycles. The minimum Gasteiger partial charge on any atom is -0.119 e. The highest BCUT2D eigenvalue weighted by Crippen LogP contribution is 2.67. The molecule has 0 aliphatic rings. The lowest BCUT2D eigenvalue weighted by atomic mass is 10.4. The monoisotopic (exact) mass is 372 g/mol. The van der Waals surface area contributed by atoms with Gasteiger partial charge >= 0.3 is 0 Å². The predicted molar refractivity (Wildman–Crippen MR) is 112 cm³/mol. The zero-order valence-electron chi connectivity index (χ0n) is 13.9. The van der Waals surface area contributed by atoms with Crippen molar-refractivity contribution < 1.29 is 0 Å². The summed E-state index contributed by atoms with van der Waals surface area (Å²) < 4.78 is 5.34. The Morgan fingerprint density at radius 3 is 1.17 bits per heavy atom. The summed E-state index contributed by atoms with van der Waals surface area (Å²) in [6.07, 6.45) is 0. The van der Waals surface area contributed by atoms with Gasteiger partial charge in [-0.15, -0.1) is 4.52 Å². The number of halogens is 1. The average molecular weight is 373 g/mol. The maximum atomic E-state index is 6.74. The van der Waals surface area contributed by atoms with Gasteiger partial charge < -0.3 is 0 Å². The van der Waals surface area contributed by atoms with E-state index in [0.29, 0.717) is 0 Å². The lowest BCUT2D eigenvalue weighted by molar-refractivity contribution is 1.71. The van der Waals surface area contributed by atoms with E-state index < -0.39 is 13.8 Å². The summed E-state index contributed by atoms with van der Waals surface area (Å²) in [6, 6.07) is 31.8. The lowest BCUT2D eigenvalue weighted by Crippen LogP contribution is -2.25. The summed E-state index contributed by atoms with van der Waals surface area (Å²) >= 11 is 6.74. The van der Waals surface area contributed by atoms with Crippen molar-refractivity contribution in [2.75, 3.05) is 13.3 Å². The molecule has 4 heteroatoms. The molecule has 0 heterocycles. The highest BCUT2D eigenvalue weighted by atomic mass is 35.7. The van der Waals surface area contributed by atoms with E-state index in [2.05, 4.69) is 104 Å². The molecule has 0 saturated carbocycles. The van der Waals surface area contributed by atoms with Crippen LogP contribution in [0.5, 0.6) is 0 Å². The molecule has 0 aromatic heterocycles. The van der Waals surface area contributed by atoms with Crippen molar-refractivity contribution in [1.29, 1.82) is 0 Å². The first-order chi connectivity index (χ1) is 11.5. The Hall–Kier alpha value is -1.39. The summed E-state index contributed by atoms with van der Waals surface area (Å²) in [6.45, 7) is 2.25. The molecule has 0 saturated heterocycles. The quantitative estimate of drug-likeness (QED) is 0.535. The van der Waals surface area contributed by atoms with Gasteiger partial charge in [-0.3, -0.25) is 0 Å². The van der Waals surface area contributed by atoms with Crippen molar-refractivity contribution in [1.82, 2.24) is 0 Å². The van der Waals surface area contributed by atoms with Crippen LogP contribution >= 0.6 is 25.1 Å². The minimum atomic E-state index is -2.13. The summed E-state index contributed by atoms with van der Waals surface area (Å²) in [5.41, 5.74) is 0. The molecular weight excluding hydrogens is 352 g/mol. The Bertz CT molecular complexity index is 738. The third-order valence-corrected chi connectivity index (χ3v) is 10.3. The van der Waals surface area contributed by atoms with Crippen LogP contribution in [0.1, 0.15) is 0 Å². The molecule has 0 atom stereocenters. The molecule has 24 heavy (non-hydrogen) atoms. The van der Waals surface area contributed by atoms with Crippen molar-refractivity contribution >= 4 is 41.0 Å². The van der Waals surface area contributed by atoms with Crippen LogP contribution in [0.15, 0.2) is 95.5 Å². The average Bonchev–Trinajstić information content (AvgIpc) is 2.61. The van der Waals surface area contributed by atoms with E-state index in [1.165, 1.54) is 15.9 Å². The van der Waals surface area contributed by atoms with Gasteiger partial charge in [-0.05, 0) is 0 Å². The van der Waals surface area contributed by atoms with Crippen molar-refractivity contribution in [3.05, 3.63) is 91.0 Å². The molecule has 1 nitrogen and oxygen atoms in total. The maximum Gasteiger partial charge on any atom is 0.223 e. The smallest absolute Gasteiger partial charge is 0.119 e. The standard InChI is InChI=1S/C20H21ClNP2/c1-23(2,21)22-24(18-12-6-3-7-13-18,19-14-8-4-9-15-19)20-16-10-5-11-17-20/h3-17H,1-2H3/q+1. The first-order valence-electron chi connectivity index (χ1n) is 7.87. The van der Waals surface area contributed by atoms with Gasteiger partial charge in [-0.25, -0.2) is 0 Å². The van der Waals surface area contributed by atoms with Gasteiger partial charge in [0.15, 0.2) is 0 Å². The summed E-state index contributed by atoms with van der Waals surface area (Å²) in [5, 5.41) is 3.74. The van der Waals surface area contributed by atoms with Crippen LogP contribution in [0.4, 0.5) is 0 Å². The molecule has 0 aliphatic carbocycles. The van der Waals surface area contributed by atoms with E-state index in [0.717, 1.165) is 0 Å². The predicted octanol–water partition coefficient (Wildman–Crippen LogP) is 5.51. The molecule has 0 amide bonds. The minimum absolute atomic E-state index is 1.25. The molecular formula is C20H21ClNP2+. The van der Waals surface area contributed by atoms with E-state index in [9.17, 15) is 0 Å². The molecule has 122 valence electrons. The van der Waals surface area contributed by atoms with Gasteiger partial charge in [0, 0.05) is 15.9 Å². The lowest BCUT2D eigenvalue weighted by Gasteiger charge is -2.26. The molecule has 0 spiro atoms. The number of rotatable bonds is 4. The second-order valence-corrected chi connectivity index (χ2v) is 14.5. The molecule has 0 bridgehead atoms. The van der Waals surface area contributed by atoms with Gasteiger partial charge in [0.25, 0.3) is 0 Å². The van der Waals surface area contributed by atoms with E-state index in [1.807, 2.05) is 0 Å². The Morgan fingerprint density at radius 2 is 0.917 bits per heavy atom. The van der Waals surface area contributed by atoms with Gasteiger partial charge in [-0.2, -0.15) is 0 Å². The first kappa shape index (κ1) is 17.4. The fourth-order valence-electron chi connectivity index (χ4n) is 2.85. The first-order valence-corrected chi connectivity index (χ1v) is 13.1. The molecule has 0 unspecified atom stereocenters. The maximum absolute atomic E-state index is 6.74. The molecule has 3 rings (SSSR count). The Morgan fingerprint density at radius 1 is 0.625 bits per heavy atom. The molecule has 0 radical (unpaired) electrons.